The van der Waals surface area contributed by atoms with Crippen molar-refractivity contribution in [3.8, 4) is 5.75 Å². The first-order valence-electron chi connectivity index (χ1n) is 6.55. The second-order valence-corrected chi connectivity index (χ2v) is 4.74. The van der Waals surface area contributed by atoms with Gasteiger partial charge in [-0.2, -0.15) is 5.10 Å². The zero-order valence-electron chi connectivity index (χ0n) is 11.4. The standard InChI is InChI=1S/C13H25N3O/c1-5-6-7-14-8-12(4)17-13-9-15-16(10-13)11(2)3/h9-12,14H,5-8H2,1-4H3. The van der Waals surface area contributed by atoms with Crippen LogP contribution in [0.3, 0.4) is 0 Å². The first-order chi connectivity index (χ1) is 8.13. The monoisotopic (exact) mass is 239 g/mol. The second-order valence-electron chi connectivity index (χ2n) is 4.74. The highest BCUT2D eigenvalue weighted by atomic mass is 16.5. The number of hydrogen-bond acceptors (Lipinski definition) is 3. The van der Waals surface area contributed by atoms with Crippen molar-refractivity contribution in [2.24, 2.45) is 0 Å². The van der Waals surface area contributed by atoms with Gasteiger partial charge in [-0.25, -0.2) is 0 Å². The van der Waals surface area contributed by atoms with Gasteiger partial charge >= 0.3 is 0 Å². The van der Waals surface area contributed by atoms with Gasteiger partial charge in [0.15, 0.2) is 5.75 Å². The summed E-state index contributed by atoms with van der Waals surface area (Å²) in [5, 5.41) is 7.63. The van der Waals surface area contributed by atoms with Crippen molar-refractivity contribution in [2.75, 3.05) is 13.1 Å². The molecule has 1 rings (SSSR count). The topological polar surface area (TPSA) is 39.1 Å². The molecule has 0 fully saturated rings. The molecule has 0 bridgehead atoms. The maximum atomic E-state index is 5.78. The van der Waals surface area contributed by atoms with Crippen LogP contribution in [-0.2, 0) is 0 Å². The van der Waals surface area contributed by atoms with Crippen molar-refractivity contribution < 1.29 is 4.74 Å². The normalized spacial score (nSPS) is 13.0. The second kappa shape index (κ2) is 7.33. The van der Waals surface area contributed by atoms with Gasteiger partial charge in [0.25, 0.3) is 0 Å². The van der Waals surface area contributed by atoms with E-state index in [0.29, 0.717) is 6.04 Å². The summed E-state index contributed by atoms with van der Waals surface area (Å²) in [6, 6.07) is 0.380. The minimum Gasteiger partial charge on any atom is -0.486 e. The summed E-state index contributed by atoms with van der Waals surface area (Å²) in [6.07, 6.45) is 6.36. The number of hydrogen-bond donors (Lipinski definition) is 1. The number of rotatable bonds is 8. The Labute approximate surface area is 104 Å². The molecule has 1 aromatic rings. The van der Waals surface area contributed by atoms with Crippen LogP contribution in [0.2, 0.25) is 0 Å². The fraction of sp³-hybridized carbons (Fsp3) is 0.769. The van der Waals surface area contributed by atoms with Crippen LogP contribution in [0.15, 0.2) is 12.4 Å². The lowest BCUT2D eigenvalue weighted by Crippen LogP contribution is -2.29. The molecule has 1 heterocycles. The van der Waals surface area contributed by atoms with Crippen LogP contribution >= 0.6 is 0 Å². The van der Waals surface area contributed by atoms with Gasteiger partial charge in [0.2, 0.25) is 0 Å². The predicted octanol–water partition coefficient (Wildman–Crippen LogP) is 2.62. The molecule has 0 aliphatic carbocycles. The Bertz CT molecular complexity index is 309. The Morgan fingerprint density at radius 2 is 2.18 bits per heavy atom. The Kier molecular flexibility index (Phi) is 6.05. The van der Waals surface area contributed by atoms with Gasteiger partial charge in [-0.1, -0.05) is 13.3 Å². The molecule has 17 heavy (non-hydrogen) atoms. The molecule has 1 unspecified atom stereocenters. The zero-order chi connectivity index (χ0) is 12.7. The van der Waals surface area contributed by atoms with Crippen molar-refractivity contribution >= 4 is 0 Å². The molecule has 1 atom stereocenters. The fourth-order valence-corrected chi connectivity index (χ4v) is 1.54. The molecule has 98 valence electrons. The highest BCUT2D eigenvalue weighted by molar-refractivity contribution is 5.12. The van der Waals surface area contributed by atoms with Crippen LogP contribution in [-0.4, -0.2) is 29.0 Å². The summed E-state index contributed by atoms with van der Waals surface area (Å²) in [6.45, 7) is 10.4. The van der Waals surface area contributed by atoms with Crippen LogP contribution in [0.25, 0.3) is 0 Å². The molecule has 0 aliphatic rings. The van der Waals surface area contributed by atoms with E-state index >= 15 is 0 Å². The first-order valence-corrected chi connectivity index (χ1v) is 6.55. The summed E-state index contributed by atoms with van der Waals surface area (Å²) >= 11 is 0. The molecule has 1 N–H and O–H groups in total. The van der Waals surface area contributed by atoms with E-state index in [0.717, 1.165) is 18.8 Å². The summed E-state index contributed by atoms with van der Waals surface area (Å²) in [4.78, 5) is 0. The summed E-state index contributed by atoms with van der Waals surface area (Å²) < 4.78 is 7.69. The molecular weight excluding hydrogens is 214 g/mol. The highest BCUT2D eigenvalue weighted by Gasteiger charge is 2.06. The summed E-state index contributed by atoms with van der Waals surface area (Å²) in [5.74, 6) is 0.850. The predicted molar refractivity (Wildman–Crippen MR) is 70.5 cm³/mol. The minimum absolute atomic E-state index is 0.177. The molecule has 0 aromatic carbocycles. The Morgan fingerprint density at radius 1 is 1.41 bits per heavy atom. The maximum absolute atomic E-state index is 5.78. The maximum Gasteiger partial charge on any atom is 0.157 e. The number of ether oxygens (including phenoxy) is 1. The van der Waals surface area contributed by atoms with E-state index in [-0.39, 0.29) is 6.10 Å². The molecule has 0 aliphatic heterocycles. The Balaban J connectivity index is 2.27. The Morgan fingerprint density at radius 3 is 2.76 bits per heavy atom. The summed E-state index contributed by atoms with van der Waals surface area (Å²) in [5.41, 5.74) is 0. The molecule has 0 saturated carbocycles. The number of aromatic nitrogens is 2. The van der Waals surface area contributed by atoms with Crippen molar-refractivity contribution in [2.45, 2.75) is 52.7 Å². The average Bonchev–Trinajstić information content (AvgIpc) is 2.73. The van der Waals surface area contributed by atoms with Crippen molar-refractivity contribution in [3.63, 3.8) is 0 Å². The number of nitrogens with zero attached hydrogens (tertiary/aromatic N) is 2. The molecular formula is C13H25N3O. The Hall–Kier alpha value is -1.03. The van der Waals surface area contributed by atoms with E-state index < -0.39 is 0 Å². The molecule has 4 heteroatoms. The van der Waals surface area contributed by atoms with E-state index in [4.69, 9.17) is 4.74 Å². The lowest BCUT2D eigenvalue weighted by Gasteiger charge is -2.13. The van der Waals surface area contributed by atoms with Crippen molar-refractivity contribution in [1.82, 2.24) is 15.1 Å². The van der Waals surface area contributed by atoms with Crippen molar-refractivity contribution in [3.05, 3.63) is 12.4 Å². The van der Waals surface area contributed by atoms with Crippen LogP contribution < -0.4 is 10.1 Å². The first kappa shape index (κ1) is 14.0. The van der Waals surface area contributed by atoms with E-state index in [9.17, 15) is 0 Å². The van der Waals surface area contributed by atoms with Crippen LogP contribution in [0.4, 0.5) is 0 Å². The average molecular weight is 239 g/mol. The molecule has 1 aromatic heterocycles. The number of unbranched alkanes of at least 4 members (excludes halogenated alkanes) is 1. The molecule has 0 amide bonds. The molecule has 0 radical (unpaired) electrons. The largest absolute Gasteiger partial charge is 0.486 e. The van der Waals surface area contributed by atoms with Gasteiger partial charge in [-0.15, -0.1) is 0 Å². The van der Waals surface area contributed by atoms with E-state index in [1.165, 1.54) is 12.8 Å². The van der Waals surface area contributed by atoms with E-state index in [1.807, 2.05) is 10.9 Å². The number of nitrogens with one attached hydrogen (secondary N) is 1. The van der Waals surface area contributed by atoms with Gasteiger partial charge in [0, 0.05) is 12.6 Å². The summed E-state index contributed by atoms with van der Waals surface area (Å²) in [7, 11) is 0. The lowest BCUT2D eigenvalue weighted by atomic mass is 10.3. The highest BCUT2D eigenvalue weighted by Crippen LogP contribution is 2.13. The van der Waals surface area contributed by atoms with Gasteiger partial charge in [-0.3, -0.25) is 4.68 Å². The fourth-order valence-electron chi connectivity index (χ4n) is 1.54. The molecule has 0 spiro atoms. The SMILES string of the molecule is CCCCNCC(C)Oc1cnn(C(C)C)c1. The van der Waals surface area contributed by atoms with E-state index in [2.05, 4.69) is 38.1 Å². The third-order valence-electron chi connectivity index (χ3n) is 2.58. The molecule has 4 nitrogen and oxygen atoms in total. The van der Waals surface area contributed by atoms with Gasteiger partial charge < -0.3 is 10.1 Å². The lowest BCUT2D eigenvalue weighted by molar-refractivity contribution is 0.217. The zero-order valence-corrected chi connectivity index (χ0v) is 11.4. The quantitative estimate of drug-likeness (QED) is 0.709. The molecule has 0 saturated heterocycles. The smallest absolute Gasteiger partial charge is 0.157 e. The van der Waals surface area contributed by atoms with Crippen LogP contribution in [0.5, 0.6) is 5.75 Å². The minimum atomic E-state index is 0.177. The van der Waals surface area contributed by atoms with Crippen LogP contribution in [0, 0.1) is 0 Å². The van der Waals surface area contributed by atoms with Crippen LogP contribution in [0.1, 0.15) is 46.6 Å². The van der Waals surface area contributed by atoms with Gasteiger partial charge in [0.05, 0.1) is 12.4 Å². The van der Waals surface area contributed by atoms with E-state index in [1.54, 1.807) is 6.20 Å². The van der Waals surface area contributed by atoms with Crippen molar-refractivity contribution in [1.29, 1.82) is 0 Å². The third kappa shape index (κ3) is 5.22. The third-order valence-corrected chi connectivity index (χ3v) is 2.58. The van der Waals surface area contributed by atoms with Gasteiger partial charge in [-0.05, 0) is 33.7 Å². The van der Waals surface area contributed by atoms with Gasteiger partial charge in [0.1, 0.15) is 6.10 Å².